The van der Waals surface area contributed by atoms with Gasteiger partial charge in [0.2, 0.25) is 10.0 Å². The molecule has 1 aromatic rings. The first-order valence-corrected chi connectivity index (χ1v) is 8.01. The maximum Gasteiger partial charge on any atom is 0.321 e. The van der Waals surface area contributed by atoms with Gasteiger partial charge in [-0.05, 0) is 37.0 Å². The second-order valence-electron chi connectivity index (χ2n) is 5.08. The second kappa shape index (κ2) is 6.56. The highest BCUT2D eigenvalue weighted by Crippen LogP contribution is 2.23. The second-order valence-corrected chi connectivity index (χ2v) is 7.17. The van der Waals surface area contributed by atoms with E-state index in [-0.39, 0.29) is 22.3 Å². The van der Waals surface area contributed by atoms with E-state index in [0.717, 1.165) is 5.56 Å². The molecule has 0 aromatic heterocycles. The van der Waals surface area contributed by atoms with Crippen molar-refractivity contribution in [3.8, 4) is 0 Å². The summed E-state index contributed by atoms with van der Waals surface area (Å²) in [5.74, 6) is -1.15. The molecule has 0 radical (unpaired) electrons. The Balaban J connectivity index is 3.09. The van der Waals surface area contributed by atoms with Gasteiger partial charge in [0.15, 0.2) is 0 Å². The molecule has 112 valence electrons. The number of carboxylic acids is 1. The molecule has 0 fully saturated rings. The van der Waals surface area contributed by atoms with Crippen LogP contribution in [0.5, 0.6) is 0 Å². The maximum absolute atomic E-state index is 12.2. The number of nitrogens with one attached hydrogen (secondary N) is 1. The largest absolute Gasteiger partial charge is 0.480 e. The van der Waals surface area contributed by atoms with Crippen molar-refractivity contribution in [2.75, 3.05) is 0 Å². The van der Waals surface area contributed by atoms with Crippen molar-refractivity contribution in [2.24, 2.45) is 5.92 Å². The van der Waals surface area contributed by atoms with Crippen LogP contribution in [0.4, 0.5) is 0 Å². The van der Waals surface area contributed by atoms with Gasteiger partial charge in [0.1, 0.15) is 10.9 Å². The van der Waals surface area contributed by atoms with E-state index in [1.807, 2.05) is 13.8 Å². The lowest BCUT2D eigenvalue weighted by molar-refractivity contribution is -0.139. The maximum atomic E-state index is 12.2. The van der Waals surface area contributed by atoms with Gasteiger partial charge in [-0.3, -0.25) is 4.79 Å². The van der Waals surface area contributed by atoms with Crippen molar-refractivity contribution in [2.45, 2.75) is 38.1 Å². The molecule has 0 amide bonds. The van der Waals surface area contributed by atoms with Gasteiger partial charge in [0.05, 0.1) is 5.02 Å². The summed E-state index contributed by atoms with van der Waals surface area (Å²) in [5, 5.41) is 9.16. The van der Waals surface area contributed by atoms with Gasteiger partial charge < -0.3 is 5.11 Å². The van der Waals surface area contributed by atoms with Gasteiger partial charge in [-0.1, -0.05) is 31.5 Å². The molecule has 5 nitrogen and oxygen atoms in total. The zero-order chi connectivity index (χ0) is 15.5. The van der Waals surface area contributed by atoms with E-state index in [4.69, 9.17) is 16.7 Å². The smallest absolute Gasteiger partial charge is 0.321 e. The van der Waals surface area contributed by atoms with E-state index >= 15 is 0 Å². The average Bonchev–Trinajstić information content (AvgIpc) is 2.30. The molecule has 20 heavy (non-hydrogen) atoms. The number of sulfonamides is 1. The van der Waals surface area contributed by atoms with Crippen LogP contribution in [-0.2, 0) is 14.8 Å². The minimum Gasteiger partial charge on any atom is -0.480 e. The summed E-state index contributed by atoms with van der Waals surface area (Å²) in [6.07, 6.45) is 0.206. The van der Waals surface area contributed by atoms with Crippen LogP contribution < -0.4 is 4.72 Å². The minimum absolute atomic E-state index is 0.0479. The van der Waals surface area contributed by atoms with Crippen molar-refractivity contribution in [3.05, 3.63) is 28.8 Å². The predicted molar refractivity (Wildman–Crippen MR) is 77.4 cm³/mol. The van der Waals surface area contributed by atoms with Gasteiger partial charge in [0.25, 0.3) is 0 Å². The topological polar surface area (TPSA) is 83.5 Å². The predicted octanol–water partition coefficient (Wildman–Crippen LogP) is 2.43. The highest BCUT2D eigenvalue weighted by molar-refractivity contribution is 7.89. The molecule has 0 saturated heterocycles. The van der Waals surface area contributed by atoms with Gasteiger partial charge in [-0.2, -0.15) is 4.72 Å². The third-order valence-corrected chi connectivity index (χ3v) is 4.63. The first kappa shape index (κ1) is 16.9. The number of benzene rings is 1. The molecule has 7 heteroatoms. The Labute approximate surface area is 124 Å². The van der Waals surface area contributed by atoms with Crippen LogP contribution >= 0.6 is 11.6 Å². The molecule has 2 N–H and O–H groups in total. The lowest BCUT2D eigenvalue weighted by atomic mass is 10.1. The van der Waals surface area contributed by atoms with E-state index in [1.54, 1.807) is 13.0 Å². The number of halogens is 1. The van der Waals surface area contributed by atoms with Crippen LogP contribution in [0.2, 0.25) is 5.02 Å². The van der Waals surface area contributed by atoms with Crippen LogP contribution in [-0.4, -0.2) is 25.5 Å². The summed E-state index contributed by atoms with van der Waals surface area (Å²) < 4.78 is 26.7. The first-order valence-electron chi connectivity index (χ1n) is 6.14. The molecule has 0 saturated carbocycles. The molecule has 0 aliphatic rings. The third kappa shape index (κ3) is 4.47. The van der Waals surface area contributed by atoms with Crippen LogP contribution in [0.25, 0.3) is 0 Å². The zero-order valence-electron chi connectivity index (χ0n) is 11.6. The van der Waals surface area contributed by atoms with Crippen molar-refractivity contribution in [3.63, 3.8) is 0 Å². The number of hydrogen-bond acceptors (Lipinski definition) is 3. The Morgan fingerprint density at radius 3 is 2.50 bits per heavy atom. The highest BCUT2D eigenvalue weighted by atomic mass is 35.5. The Kier molecular flexibility index (Phi) is 5.56. The molecule has 1 rings (SSSR count). The molecular formula is C13H18ClNO4S. The number of aryl methyl sites for hydroxylation is 1. The zero-order valence-corrected chi connectivity index (χ0v) is 13.1. The Morgan fingerprint density at radius 2 is 2.00 bits per heavy atom. The number of hydrogen-bond donors (Lipinski definition) is 2. The van der Waals surface area contributed by atoms with Crippen molar-refractivity contribution < 1.29 is 18.3 Å². The summed E-state index contributed by atoms with van der Waals surface area (Å²) in [7, 11) is -3.97. The normalized spacial score (nSPS) is 13.4. The lowest BCUT2D eigenvalue weighted by Gasteiger charge is -2.17. The molecular weight excluding hydrogens is 302 g/mol. The fourth-order valence-corrected chi connectivity index (χ4v) is 3.52. The third-order valence-electron chi connectivity index (χ3n) is 2.68. The Morgan fingerprint density at radius 1 is 1.40 bits per heavy atom. The fraction of sp³-hybridized carbons (Fsp3) is 0.462. The van der Waals surface area contributed by atoms with E-state index in [2.05, 4.69) is 4.72 Å². The number of carbonyl (C=O) groups is 1. The molecule has 1 atom stereocenters. The van der Waals surface area contributed by atoms with Gasteiger partial charge in [0, 0.05) is 0 Å². The first-order chi connectivity index (χ1) is 9.13. The van der Waals surface area contributed by atoms with Crippen LogP contribution in [0.15, 0.2) is 23.1 Å². The van der Waals surface area contributed by atoms with Crippen LogP contribution in [0, 0.1) is 12.8 Å². The molecule has 0 spiro atoms. The fourth-order valence-electron chi connectivity index (χ4n) is 1.74. The summed E-state index contributed by atoms with van der Waals surface area (Å²) >= 11 is 5.88. The molecule has 0 heterocycles. The average molecular weight is 320 g/mol. The summed E-state index contributed by atoms with van der Waals surface area (Å²) in [4.78, 5) is 11.0. The monoisotopic (exact) mass is 319 g/mol. The quantitative estimate of drug-likeness (QED) is 0.843. The summed E-state index contributed by atoms with van der Waals surface area (Å²) in [5.41, 5.74) is 0.727. The van der Waals surface area contributed by atoms with Crippen molar-refractivity contribution in [1.82, 2.24) is 4.72 Å². The van der Waals surface area contributed by atoms with Crippen LogP contribution in [0.1, 0.15) is 25.8 Å². The highest BCUT2D eigenvalue weighted by Gasteiger charge is 2.27. The van der Waals surface area contributed by atoms with E-state index in [1.165, 1.54) is 12.1 Å². The molecule has 0 aliphatic heterocycles. The molecule has 0 aliphatic carbocycles. The van der Waals surface area contributed by atoms with Crippen molar-refractivity contribution in [1.29, 1.82) is 0 Å². The number of carboxylic acid groups (broad SMARTS) is 1. The van der Waals surface area contributed by atoms with Gasteiger partial charge in [-0.25, -0.2) is 8.42 Å². The Bertz CT molecular complexity index is 598. The summed E-state index contributed by atoms with van der Waals surface area (Å²) in [6.45, 7) is 5.38. The number of rotatable bonds is 6. The number of aliphatic carboxylic acids is 1. The molecule has 0 unspecified atom stereocenters. The SMILES string of the molecule is Cc1ccc(Cl)c(S(=O)(=O)N[C@H](CC(C)C)C(=O)O)c1. The molecule has 1 aromatic carbocycles. The summed E-state index contributed by atoms with van der Waals surface area (Å²) in [6, 6.07) is 3.41. The van der Waals surface area contributed by atoms with Gasteiger partial charge in [-0.15, -0.1) is 0 Å². The van der Waals surface area contributed by atoms with E-state index in [9.17, 15) is 13.2 Å². The lowest BCUT2D eigenvalue weighted by Crippen LogP contribution is -2.41. The standard InChI is InChI=1S/C13H18ClNO4S/c1-8(2)6-11(13(16)17)15-20(18,19)12-7-9(3)4-5-10(12)14/h4-5,7-8,11,15H,6H2,1-3H3,(H,16,17)/t11-/m1/s1. The van der Waals surface area contributed by atoms with Gasteiger partial charge >= 0.3 is 5.97 Å². The Hall–Kier alpha value is -1.11. The molecule has 0 bridgehead atoms. The van der Waals surface area contributed by atoms with Crippen LogP contribution in [0.3, 0.4) is 0 Å². The van der Waals surface area contributed by atoms with Crippen molar-refractivity contribution >= 4 is 27.6 Å². The van der Waals surface area contributed by atoms with E-state index < -0.39 is 22.0 Å². The van der Waals surface area contributed by atoms with E-state index in [0.29, 0.717) is 0 Å². The minimum atomic E-state index is -3.97.